The average Bonchev–Trinajstić information content (AvgIpc) is 3.40. The Hall–Kier alpha value is -4.39. The van der Waals surface area contributed by atoms with Gasteiger partial charge in [0.2, 0.25) is 5.91 Å². The first kappa shape index (κ1) is 22.8. The molecule has 4 aromatic rings. The predicted octanol–water partition coefficient (Wildman–Crippen LogP) is 4.42. The van der Waals surface area contributed by atoms with Gasteiger partial charge in [-0.25, -0.2) is 4.98 Å². The number of hydrogen-bond donors (Lipinski definition) is 2. The smallest absolute Gasteiger partial charge is 0.251 e. The molecule has 1 aromatic heterocycles. The highest BCUT2D eigenvalue weighted by Gasteiger charge is 2.08. The number of imidazole rings is 1. The van der Waals surface area contributed by atoms with Crippen LogP contribution in [0.3, 0.4) is 0 Å². The molecule has 0 fully saturated rings. The van der Waals surface area contributed by atoms with Gasteiger partial charge in [-0.05, 0) is 41.5 Å². The van der Waals surface area contributed by atoms with Gasteiger partial charge in [-0.2, -0.15) is 0 Å². The number of amides is 2. The molecule has 7 nitrogen and oxygen atoms in total. The molecule has 3 aromatic carbocycles. The minimum atomic E-state index is -0.209. The summed E-state index contributed by atoms with van der Waals surface area (Å²) < 4.78 is 7.64. The number of carbonyl (C=O) groups is 2. The molecule has 0 bridgehead atoms. The summed E-state index contributed by atoms with van der Waals surface area (Å²) in [6, 6.07) is 24.5. The number of hydrogen-bond acceptors (Lipinski definition) is 4. The van der Waals surface area contributed by atoms with E-state index in [9.17, 15) is 9.59 Å². The highest BCUT2D eigenvalue weighted by molar-refractivity contribution is 5.97. The van der Waals surface area contributed by atoms with Gasteiger partial charge in [0.25, 0.3) is 5.91 Å². The minimum Gasteiger partial charge on any atom is -0.489 e. The number of nitrogens with zero attached hydrogens (tertiary/aromatic N) is 2. The Morgan fingerprint density at radius 2 is 1.74 bits per heavy atom. The molecular formula is C27H26N4O3. The van der Waals surface area contributed by atoms with Crippen LogP contribution in [0.1, 0.15) is 27.9 Å². The van der Waals surface area contributed by atoms with Crippen LogP contribution in [0.5, 0.6) is 5.75 Å². The molecule has 0 saturated carbocycles. The molecule has 1 heterocycles. The number of aromatic nitrogens is 2. The van der Waals surface area contributed by atoms with Crippen molar-refractivity contribution in [2.45, 2.75) is 26.1 Å². The topological polar surface area (TPSA) is 85.2 Å². The van der Waals surface area contributed by atoms with Gasteiger partial charge >= 0.3 is 0 Å². The van der Waals surface area contributed by atoms with Gasteiger partial charge in [0.05, 0.1) is 6.33 Å². The van der Waals surface area contributed by atoms with Crippen LogP contribution in [0.15, 0.2) is 97.6 Å². The second kappa shape index (κ2) is 11.5. The molecule has 0 spiro atoms. The third kappa shape index (κ3) is 6.80. The second-order valence-electron chi connectivity index (χ2n) is 7.78. The first-order valence-corrected chi connectivity index (χ1v) is 11.1. The van der Waals surface area contributed by atoms with Crippen molar-refractivity contribution in [3.8, 4) is 5.75 Å². The van der Waals surface area contributed by atoms with Crippen molar-refractivity contribution in [3.05, 3.63) is 114 Å². The first-order chi connectivity index (χ1) is 16.7. The van der Waals surface area contributed by atoms with Crippen LogP contribution in [0.2, 0.25) is 0 Å². The zero-order valence-corrected chi connectivity index (χ0v) is 18.7. The summed E-state index contributed by atoms with van der Waals surface area (Å²) in [4.78, 5) is 28.8. The van der Waals surface area contributed by atoms with Crippen LogP contribution in [-0.4, -0.2) is 21.4 Å². The molecule has 34 heavy (non-hydrogen) atoms. The Kier molecular flexibility index (Phi) is 7.69. The predicted molar refractivity (Wildman–Crippen MR) is 130 cm³/mol. The SMILES string of the molecule is O=C(CCn1ccnc1)Nc1cccc(C(=O)NCc2ccc(OCc3ccccc3)cc2)c1. The van der Waals surface area contributed by atoms with Crippen molar-refractivity contribution in [3.63, 3.8) is 0 Å². The average molecular weight is 455 g/mol. The molecule has 0 saturated heterocycles. The van der Waals surface area contributed by atoms with Crippen LogP contribution in [0, 0.1) is 0 Å². The molecule has 0 aliphatic carbocycles. The highest BCUT2D eigenvalue weighted by atomic mass is 16.5. The van der Waals surface area contributed by atoms with Gasteiger partial charge in [0.15, 0.2) is 0 Å². The van der Waals surface area contributed by atoms with Gasteiger partial charge in [0.1, 0.15) is 12.4 Å². The van der Waals surface area contributed by atoms with E-state index in [0.29, 0.717) is 37.4 Å². The standard InChI is InChI=1S/C27H26N4O3/c32-26(13-15-31-16-14-28-20-31)30-24-8-4-7-23(17-24)27(33)29-18-21-9-11-25(12-10-21)34-19-22-5-2-1-3-6-22/h1-12,14,16-17,20H,13,15,18-19H2,(H,29,33)(H,30,32). The fourth-order valence-electron chi connectivity index (χ4n) is 3.34. The molecule has 0 unspecified atom stereocenters. The van der Waals surface area contributed by atoms with Crippen molar-refractivity contribution in [1.82, 2.24) is 14.9 Å². The zero-order valence-electron chi connectivity index (χ0n) is 18.7. The van der Waals surface area contributed by atoms with Crippen molar-refractivity contribution >= 4 is 17.5 Å². The molecular weight excluding hydrogens is 428 g/mol. The lowest BCUT2D eigenvalue weighted by atomic mass is 10.1. The summed E-state index contributed by atoms with van der Waals surface area (Å²) >= 11 is 0. The number of ether oxygens (including phenoxy) is 1. The first-order valence-electron chi connectivity index (χ1n) is 11.1. The Bertz CT molecular complexity index is 1210. The minimum absolute atomic E-state index is 0.124. The fourth-order valence-corrected chi connectivity index (χ4v) is 3.34. The van der Waals surface area contributed by atoms with E-state index in [1.807, 2.05) is 65.4 Å². The maximum absolute atomic E-state index is 12.6. The van der Waals surface area contributed by atoms with Crippen LogP contribution >= 0.6 is 0 Å². The molecule has 172 valence electrons. The quantitative estimate of drug-likeness (QED) is 0.371. The van der Waals surface area contributed by atoms with Crippen LogP contribution in [0.25, 0.3) is 0 Å². The molecule has 0 radical (unpaired) electrons. The number of nitrogens with one attached hydrogen (secondary N) is 2. The summed E-state index contributed by atoms with van der Waals surface area (Å²) in [5.74, 6) is 0.440. The monoisotopic (exact) mass is 454 g/mol. The van der Waals surface area contributed by atoms with E-state index in [-0.39, 0.29) is 11.8 Å². The van der Waals surface area contributed by atoms with Crippen LogP contribution in [-0.2, 0) is 24.5 Å². The van der Waals surface area contributed by atoms with E-state index in [0.717, 1.165) is 16.9 Å². The van der Waals surface area contributed by atoms with Gasteiger partial charge in [-0.3, -0.25) is 9.59 Å². The molecule has 2 amide bonds. The molecule has 0 aliphatic rings. The largest absolute Gasteiger partial charge is 0.489 e. The second-order valence-corrected chi connectivity index (χ2v) is 7.78. The van der Waals surface area contributed by atoms with Crippen molar-refractivity contribution in [2.75, 3.05) is 5.32 Å². The highest BCUT2D eigenvalue weighted by Crippen LogP contribution is 2.15. The van der Waals surface area contributed by atoms with Crippen molar-refractivity contribution in [1.29, 1.82) is 0 Å². The summed E-state index contributed by atoms with van der Waals surface area (Å²) in [6.45, 7) is 1.44. The molecule has 0 atom stereocenters. The van der Waals surface area contributed by atoms with Crippen LogP contribution in [0.4, 0.5) is 5.69 Å². The molecule has 0 aliphatic heterocycles. The van der Waals surface area contributed by atoms with E-state index in [1.165, 1.54) is 0 Å². The van der Waals surface area contributed by atoms with Gasteiger partial charge in [-0.1, -0.05) is 48.5 Å². The van der Waals surface area contributed by atoms with E-state index in [1.54, 1.807) is 36.8 Å². The molecule has 4 rings (SSSR count). The Balaban J connectivity index is 1.24. The number of carbonyl (C=O) groups excluding carboxylic acids is 2. The lowest BCUT2D eigenvalue weighted by Gasteiger charge is -2.10. The van der Waals surface area contributed by atoms with Crippen molar-refractivity contribution < 1.29 is 14.3 Å². The summed E-state index contributed by atoms with van der Waals surface area (Å²) in [6.07, 6.45) is 5.47. The lowest BCUT2D eigenvalue weighted by Crippen LogP contribution is -2.23. The van der Waals surface area contributed by atoms with E-state index in [4.69, 9.17) is 4.74 Å². The maximum Gasteiger partial charge on any atom is 0.251 e. The van der Waals surface area contributed by atoms with Crippen LogP contribution < -0.4 is 15.4 Å². The zero-order chi connectivity index (χ0) is 23.6. The number of anilines is 1. The Morgan fingerprint density at radius 3 is 2.50 bits per heavy atom. The molecule has 2 N–H and O–H groups in total. The summed E-state index contributed by atoms with van der Waals surface area (Å²) in [5.41, 5.74) is 3.14. The third-order valence-electron chi connectivity index (χ3n) is 5.19. The van der Waals surface area contributed by atoms with E-state index < -0.39 is 0 Å². The third-order valence-corrected chi connectivity index (χ3v) is 5.19. The van der Waals surface area contributed by atoms with Gasteiger partial charge in [-0.15, -0.1) is 0 Å². The van der Waals surface area contributed by atoms with E-state index in [2.05, 4.69) is 15.6 Å². The lowest BCUT2D eigenvalue weighted by molar-refractivity contribution is -0.116. The van der Waals surface area contributed by atoms with Gasteiger partial charge in [0, 0.05) is 43.2 Å². The Labute approximate surface area is 198 Å². The van der Waals surface area contributed by atoms with Crippen molar-refractivity contribution in [2.24, 2.45) is 0 Å². The normalized spacial score (nSPS) is 10.5. The number of benzene rings is 3. The summed E-state index contributed by atoms with van der Waals surface area (Å²) in [7, 11) is 0. The van der Waals surface area contributed by atoms with Gasteiger partial charge < -0.3 is 19.9 Å². The number of aryl methyl sites for hydroxylation is 1. The number of rotatable bonds is 10. The maximum atomic E-state index is 12.6. The summed E-state index contributed by atoms with van der Waals surface area (Å²) in [5, 5.41) is 5.75. The van der Waals surface area contributed by atoms with E-state index >= 15 is 0 Å². The fraction of sp³-hybridized carbons (Fsp3) is 0.148. The molecule has 7 heteroatoms. The Morgan fingerprint density at radius 1 is 0.912 bits per heavy atom.